The molecule has 4 rings (SSSR count). The van der Waals surface area contributed by atoms with E-state index in [2.05, 4.69) is 5.16 Å². The van der Waals surface area contributed by atoms with Crippen molar-refractivity contribution < 1.29 is 18.8 Å². The number of hydrogen-bond donors (Lipinski definition) is 0. The summed E-state index contributed by atoms with van der Waals surface area (Å²) in [5, 5.41) is 4.79. The first-order chi connectivity index (χ1) is 14.2. The quantitative estimate of drug-likeness (QED) is 0.535. The lowest BCUT2D eigenvalue weighted by atomic mass is 10.1. The lowest BCUT2D eigenvalue weighted by Gasteiger charge is -2.21. The van der Waals surface area contributed by atoms with Gasteiger partial charge in [-0.25, -0.2) is 4.79 Å². The van der Waals surface area contributed by atoms with Crippen molar-refractivity contribution in [3.05, 3.63) is 54.1 Å². The molecular formula is C23H24N2O4. The summed E-state index contributed by atoms with van der Waals surface area (Å²) in [6, 6.07) is 14.7. The van der Waals surface area contributed by atoms with E-state index in [1.54, 1.807) is 18.2 Å². The fourth-order valence-electron chi connectivity index (χ4n) is 3.37. The zero-order valence-corrected chi connectivity index (χ0v) is 16.5. The molecule has 6 nitrogen and oxygen atoms in total. The third-order valence-electron chi connectivity index (χ3n) is 5.10. The highest BCUT2D eigenvalue weighted by Crippen LogP contribution is 2.30. The van der Waals surface area contributed by atoms with Crippen molar-refractivity contribution >= 4 is 22.8 Å². The van der Waals surface area contributed by atoms with Crippen molar-refractivity contribution in [2.45, 2.75) is 26.2 Å². The monoisotopic (exact) mass is 392 g/mol. The van der Waals surface area contributed by atoms with E-state index < -0.39 is 5.97 Å². The van der Waals surface area contributed by atoms with Gasteiger partial charge in [0.15, 0.2) is 12.4 Å². The maximum Gasteiger partial charge on any atom is 0.338 e. The smallest absolute Gasteiger partial charge is 0.338 e. The average molecular weight is 392 g/mol. The van der Waals surface area contributed by atoms with Gasteiger partial charge in [-0.2, -0.15) is 0 Å². The maximum atomic E-state index is 12.5. The minimum Gasteiger partial charge on any atom is -0.452 e. The summed E-state index contributed by atoms with van der Waals surface area (Å²) < 4.78 is 10.8. The first-order valence-corrected chi connectivity index (χ1v) is 10.1. The van der Waals surface area contributed by atoms with Gasteiger partial charge in [-0.3, -0.25) is 4.79 Å². The van der Waals surface area contributed by atoms with Gasteiger partial charge in [-0.1, -0.05) is 42.4 Å². The van der Waals surface area contributed by atoms with E-state index in [0.29, 0.717) is 29.3 Å². The van der Waals surface area contributed by atoms with Crippen molar-refractivity contribution in [3.8, 4) is 11.3 Å². The molecule has 0 N–H and O–H groups in total. The molecule has 1 amide bonds. The fraction of sp³-hybridized carbons (Fsp3) is 0.348. The summed E-state index contributed by atoms with van der Waals surface area (Å²) in [5.74, 6) is 0.546. The van der Waals surface area contributed by atoms with Gasteiger partial charge in [0.2, 0.25) is 0 Å². The Hall–Kier alpha value is -3.15. The summed E-state index contributed by atoms with van der Waals surface area (Å²) in [4.78, 5) is 26.8. The maximum absolute atomic E-state index is 12.5. The predicted octanol–water partition coefficient (Wildman–Crippen LogP) is 4.30. The lowest BCUT2D eigenvalue weighted by Crippen LogP contribution is -2.36. The van der Waals surface area contributed by atoms with Crippen LogP contribution < -0.4 is 0 Å². The third kappa shape index (κ3) is 4.47. The van der Waals surface area contributed by atoms with E-state index in [0.717, 1.165) is 23.9 Å². The van der Waals surface area contributed by atoms with E-state index in [9.17, 15) is 9.59 Å². The van der Waals surface area contributed by atoms with Crippen LogP contribution in [-0.2, 0) is 9.53 Å². The Morgan fingerprint density at radius 3 is 2.69 bits per heavy atom. The van der Waals surface area contributed by atoms with Crippen LogP contribution >= 0.6 is 0 Å². The van der Waals surface area contributed by atoms with Crippen LogP contribution in [-0.4, -0.2) is 41.6 Å². The number of nitrogens with zero attached hydrogens (tertiary/aromatic N) is 2. The largest absolute Gasteiger partial charge is 0.452 e. The zero-order valence-electron chi connectivity index (χ0n) is 16.5. The summed E-state index contributed by atoms with van der Waals surface area (Å²) >= 11 is 0. The normalized spacial score (nSPS) is 13.4. The van der Waals surface area contributed by atoms with Crippen molar-refractivity contribution in [3.63, 3.8) is 0 Å². The number of fused-ring (bicyclic) bond motifs is 1. The number of aromatic nitrogens is 1. The molecule has 0 radical (unpaired) electrons. The van der Waals surface area contributed by atoms with Gasteiger partial charge < -0.3 is 14.2 Å². The van der Waals surface area contributed by atoms with Gasteiger partial charge in [-0.15, -0.1) is 0 Å². The molecule has 0 spiro atoms. The highest BCUT2D eigenvalue weighted by molar-refractivity contribution is 5.99. The van der Waals surface area contributed by atoms with Crippen molar-refractivity contribution in [2.75, 3.05) is 19.7 Å². The van der Waals surface area contributed by atoms with E-state index in [4.69, 9.17) is 9.26 Å². The van der Waals surface area contributed by atoms with E-state index >= 15 is 0 Å². The van der Waals surface area contributed by atoms with E-state index in [1.165, 1.54) is 12.8 Å². The Balaban J connectivity index is 1.46. The Kier molecular flexibility index (Phi) is 5.60. The lowest BCUT2D eigenvalue weighted by molar-refractivity contribution is -0.134. The molecule has 0 aliphatic heterocycles. The molecule has 3 aromatic rings. The highest BCUT2D eigenvalue weighted by atomic mass is 16.5. The summed E-state index contributed by atoms with van der Waals surface area (Å²) in [7, 11) is 0. The van der Waals surface area contributed by atoms with E-state index in [-0.39, 0.29) is 12.5 Å². The molecule has 2 aromatic carbocycles. The highest BCUT2D eigenvalue weighted by Gasteiger charge is 2.27. The second-order valence-corrected chi connectivity index (χ2v) is 7.47. The Morgan fingerprint density at radius 1 is 1.17 bits per heavy atom. The van der Waals surface area contributed by atoms with Crippen LogP contribution in [0.25, 0.3) is 22.2 Å². The summed E-state index contributed by atoms with van der Waals surface area (Å²) in [5.41, 5.74) is 1.91. The number of amides is 1. The van der Waals surface area contributed by atoms with Gasteiger partial charge in [0.05, 0.1) is 10.9 Å². The fourth-order valence-corrected chi connectivity index (χ4v) is 3.37. The van der Waals surface area contributed by atoms with Crippen LogP contribution in [0.3, 0.4) is 0 Å². The number of benzene rings is 2. The van der Waals surface area contributed by atoms with Gasteiger partial charge >= 0.3 is 5.97 Å². The number of esters is 1. The number of hydrogen-bond acceptors (Lipinski definition) is 5. The van der Waals surface area contributed by atoms with Gasteiger partial charge in [-0.05, 0) is 43.4 Å². The third-order valence-corrected chi connectivity index (χ3v) is 5.10. The molecule has 0 bridgehead atoms. The first-order valence-electron chi connectivity index (χ1n) is 10.1. The second kappa shape index (κ2) is 8.47. The van der Waals surface area contributed by atoms with Crippen LogP contribution in [0, 0.1) is 5.92 Å². The molecule has 0 unspecified atom stereocenters. The van der Waals surface area contributed by atoms with Crippen LogP contribution in [0.2, 0.25) is 0 Å². The Bertz CT molecular complexity index is 1010. The molecule has 1 aliphatic rings. The topological polar surface area (TPSA) is 72.6 Å². The van der Waals surface area contributed by atoms with Crippen LogP contribution in [0.15, 0.2) is 53.1 Å². The molecule has 1 fully saturated rings. The number of ether oxygens (including phenoxy) is 1. The molecule has 1 aliphatic carbocycles. The second-order valence-electron chi connectivity index (χ2n) is 7.47. The van der Waals surface area contributed by atoms with Crippen LogP contribution in [0.1, 0.15) is 36.5 Å². The predicted molar refractivity (Wildman–Crippen MR) is 109 cm³/mol. The standard InChI is InChI=1S/C23H24N2O4/c1-2-12-25(14-16-8-9-16)21(26)15-28-23(27)18-10-11-20-19(13-18)22(29-24-20)17-6-4-3-5-7-17/h3-7,10-11,13,16H,2,8-9,12,14-15H2,1H3. The molecule has 6 heteroatoms. The minimum atomic E-state index is -0.525. The minimum absolute atomic E-state index is 0.136. The van der Waals surface area contributed by atoms with Gasteiger partial charge in [0.25, 0.3) is 5.91 Å². The van der Waals surface area contributed by atoms with Gasteiger partial charge in [0.1, 0.15) is 5.52 Å². The molecule has 1 saturated carbocycles. The van der Waals surface area contributed by atoms with Gasteiger partial charge in [0, 0.05) is 18.7 Å². The molecule has 1 aromatic heterocycles. The van der Waals surface area contributed by atoms with Crippen molar-refractivity contribution in [1.82, 2.24) is 10.1 Å². The number of rotatable bonds is 8. The first kappa shape index (κ1) is 19.2. The molecule has 29 heavy (non-hydrogen) atoms. The van der Waals surface area contributed by atoms with Crippen molar-refractivity contribution in [1.29, 1.82) is 0 Å². The number of carbonyl (C=O) groups excluding carboxylic acids is 2. The zero-order chi connectivity index (χ0) is 20.2. The van der Waals surface area contributed by atoms with Crippen LogP contribution in [0.5, 0.6) is 0 Å². The van der Waals surface area contributed by atoms with Crippen molar-refractivity contribution in [2.24, 2.45) is 5.92 Å². The SMILES string of the molecule is CCCN(CC1CC1)C(=O)COC(=O)c1ccc2noc(-c3ccccc3)c2c1. The summed E-state index contributed by atoms with van der Waals surface area (Å²) in [6.07, 6.45) is 3.24. The average Bonchev–Trinajstić information content (AvgIpc) is 3.47. The van der Waals surface area contributed by atoms with E-state index in [1.807, 2.05) is 42.2 Å². The van der Waals surface area contributed by atoms with Crippen LogP contribution in [0.4, 0.5) is 0 Å². The molecule has 150 valence electrons. The molecule has 0 saturated heterocycles. The number of carbonyl (C=O) groups is 2. The molecule has 1 heterocycles. The molecule has 0 atom stereocenters. The summed E-state index contributed by atoms with van der Waals surface area (Å²) in [6.45, 7) is 3.26. The Labute approximate surface area is 169 Å². The molecular weight excluding hydrogens is 368 g/mol. The Morgan fingerprint density at radius 2 is 1.97 bits per heavy atom.